The lowest BCUT2D eigenvalue weighted by molar-refractivity contribution is -0.145. The molecule has 17 heavy (non-hydrogen) atoms. The number of carbonyl (C=O) groups excluding carboxylic acids is 1. The lowest BCUT2D eigenvalue weighted by atomic mass is 9.89. The van der Waals surface area contributed by atoms with E-state index in [1.165, 1.54) is 7.11 Å². The summed E-state index contributed by atoms with van der Waals surface area (Å²) in [5.74, 6) is -0.194. The molecule has 1 aliphatic rings. The Balaban J connectivity index is 0.00000144. The van der Waals surface area contributed by atoms with Crippen LogP contribution in [0.1, 0.15) is 11.5 Å². The molecule has 1 aliphatic heterocycles. The van der Waals surface area contributed by atoms with E-state index >= 15 is 0 Å². The average molecular weight is 276 g/mol. The van der Waals surface area contributed by atoms with E-state index in [1.807, 2.05) is 24.3 Å². The average Bonchev–Trinajstić information content (AvgIpc) is 2.77. The summed E-state index contributed by atoms with van der Waals surface area (Å²) in [6, 6.07) is 7.65. The monoisotopic (exact) mass is 275 g/mol. The van der Waals surface area contributed by atoms with Crippen molar-refractivity contribution in [2.24, 2.45) is 5.92 Å². The van der Waals surface area contributed by atoms with E-state index in [2.05, 4.69) is 5.32 Å². The van der Waals surface area contributed by atoms with Crippen molar-refractivity contribution < 1.29 is 9.53 Å². The van der Waals surface area contributed by atoms with Crippen LogP contribution in [0.15, 0.2) is 24.3 Å². The molecular formula is C12H15Cl2NO2. The first-order chi connectivity index (χ1) is 7.74. The molecule has 1 saturated heterocycles. The van der Waals surface area contributed by atoms with Gasteiger partial charge in [0.15, 0.2) is 0 Å². The predicted octanol–water partition coefficient (Wildman–Crippen LogP) is 2.24. The molecule has 0 radical (unpaired) electrons. The summed E-state index contributed by atoms with van der Waals surface area (Å²) in [6.45, 7) is 1.42. The van der Waals surface area contributed by atoms with Crippen molar-refractivity contribution in [3.05, 3.63) is 34.9 Å². The number of ether oxygens (including phenoxy) is 1. The molecule has 0 amide bonds. The van der Waals surface area contributed by atoms with Crippen molar-refractivity contribution in [1.82, 2.24) is 5.32 Å². The molecule has 0 spiro atoms. The van der Waals surface area contributed by atoms with E-state index in [9.17, 15) is 4.79 Å². The maximum absolute atomic E-state index is 11.6. The molecule has 3 nitrogen and oxygen atoms in total. The van der Waals surface area contributed by atoms with Crippen LogP contribution in [-0.4, -0.2) is 26.2 Å². The Kier molecular flexibility index (Phi) is 5.25. The summed E-state index contributed by atoms with van der Waals surface area (Å²) in [7, 11) is 1.42. The quantitative estimate of drug-likeness (QED) is 0.842. The van der Waals surface area contributed by atoms with Gasteiger partial charge in [0, 0.05) is 24.0 Å². The van der Waals surface area contributed by atoms with Gasteiger partial charge >= 0.3 is 5.97 Å². The van der Waals surface area contributed by atoms with Gasteiger partial charge in [-0.25, -0.2) is 0 Å². The fourth-order valence-electron chi connectivity index (χ4n) is 2.18. The van der Waals surface area contributed by atoms with Crippen LogP contribution in [0.25, 0.3) is 0 Å². The highest BCUT2D eigenvalue weighted by Crippen LogP contribution is 2.33. The highest BCUT2D eigenvalue weighted by Gasteiger charge is 2.35. The zero-order valence-corrected chi connectivity index (χ0v) is 11.1. The van der Waals surface area contributed by atoms with Gasteiger partial charge in [-0.05, 0) is 11.6 Å². The predicted molar refractivity (Wildman–Crippen MR) is 69.8 cm³/mol. The third-order valence-electron chi connectivity index (χ3n) is 3.02. The summed E-state index contributed by atoms with van der Waals surface area (Å²) in [4.78, 5) is 11.6. The van der Waals surface area contributed by atoms with Crippen molar-refractivity contribution in [2.75, 3.05) is 20.2 Å². The lowest BCUT2D eigenvalue weighted by Crippen LogP contribution is -2.23. The number of carbonyl (C=O) groups is 1. The topological polar surface area (TPSA) is 38.3 Å². The normalized spacial score (nSPS) is 22.9. The first-order valence-electron chi connectivity index (χ1n) is 5.27. The molecule has 1 N–H and O–H groups in total. The second-order valence-corrected chi connectivity index (χ2v) is 4.32. The van der Waals surface area contributed by atoms with Gasteiger partial charge in [-0.2, -0.15) is 0 Å². The maximum Gasteiger partial charge on any atom is 0.310 e. The van der Waals surface area contributed by atoms with E-state index in [4.69, 9.17) is 16.3 Å². The molecule has 5 heteroatoms. The van der Waals surface area contributed by atoms with E-state index in [-0.39, 0.29) is 30.2 Å². The molecule has 1 heterocycles. The Morgan fingerprint density at radius 3 is 2.76 bits per heavy atom. The van der Waals surface area contributed by atoms with Crippen LogP contribution in [0, 0.1) is 5.92 Å². The second kappa shape index (κ2) is 6.24. The van der Waals surface area contributed by atoms with Crippen LogP contribution in [0.4, 0.5) is 0 Å². The van der Waals surface area contributed by atoms with Gasteiger partial charge in [-0.1, -0.05) is 29.8 Å². The Morgan fingerprint density at radius 1 is 1.41 bits per heavy atom. The SMILES string of the molecule is COC(=O)C1CNC[C@H]1c1ccccc1Cl.Cl. The van der Waals surface area contributed by atoms with Gasteiger partial charge in [0.2, 0.25) is 0 Å². The number of halogens is 2. The Labute approximate surface area is 112 Å². The number of nitrogens with one attached hydrogen (secondary N) is 1. The largest absolute Gasteiger partial charge is 0.469 e. The minimum absolute atomic E-state index is 0. The molecular weight excluding hydrogens is 261 g/mol. The van der Waals surface area contributed by atoms with Gasteiger partial charge < -0.3 is 10.1 Å². The second-order valence-electron chi connectivity index (χ2n) is 3.92. The number of benzene rings is 1. The van der Waals surface area contributed by atoms with Crippen molar-refractivity contribution in [1.29, 1.82) is 0 Å². The highest BCUT2D eigenvalue weighted by molar-refractivity contribution is 6.31. The molecule has 1 aromatic rings. The summed E-state index contributed by atoms with van der Waals surface area (Å²) in [5.41, 5.74) is 1.02. The minimum atomic E-state index is -0.171. The summed E-state index contributed by atoms with van der Waals surface area (Å²) < 4.78 is 4.80. The van der Waals surface area contributed by atoms with E-state index < -0.39 is 0 Å². The summed E-state index contributed by atoms with van der Waals surface area (Å²) in [5, 5.41) is 3.92. The zero-order chi connectivity index (χ0) is 11.5. The molecule has 2 rings (SSSR count). The molecule has 0 saturated carbocycles. The van der Waals surface area contributed by atoms with Crippen molar-refractivity contribution in [3.8, 4) is 0 Å². The first-order valence-corrected chi connectivity index (χ1v) is 5.65. The van der Waals surface area contributed by atoms with E-state index in [1.54, 1.807) is 0 Å². The van der Waals surface area contributed by atoms with Crippen LogP contribution in [0.5, 0.6) is 0 Å². The number of rotatable bonds is 2. The summed E-state index contributed by atoms with van der Waals surface area (Å²) >= 11 is 6.14. The Hall–Kier alpha value is -0.770. The van der Waals surface area contributed by atoms with Crippen molar-refractivity contribution in [2.45, 2.75) is 5.92 Å². The van der Waals surface area contributed by atoms with Gasteiger partial charge in [0.05, 0.1) is 13.0 Å². The third-order valence-corrected chi connectivity index (χ3v) is 3.37. The highest BCUT2D eigenvalue weighted by atomic mass is 35.5. The van der Waals surface area contributed by atoms with Crippen LogP contribution >= 0.6 is 24.0 Å². The van der Waals surface area contributed by atoms with Crippen molar-refractivity contribution in [3.63, 3.8) is 0 Å². The number of methoxy groups -OCH3 is 1. The Bertz CT molecular complexity index is 398. The molecule has 2 atom stereocenters. The van der Waals surface area contributed by atoms with Crippen LogP contribution < -0.4 is 5.32 Å². The zero-order valence-electron chi connectivity index (χ0n) is 9.48. The van der Waals surface area contributed by atoms with E-state index in [0.717, 1.165) is 12.1 Å². The lowest BCUT2D eigenvalue weighted by Gasteiger charge is -2.17. The molecule has 0 bridgehead atoms. The molecule has 1 unspecified atom stereocenters. The molecule has 1 fully saturated rings. The fraction of sp³-hybridized carbons (Fsp3) is 0.417. The van der Waals surface area contributed by atoms with Crippen LogP contribution in [0.2, 0.25) is 5.02 Å². The molecule has 0 aliphatic carbocycles. The summed E-state index contributed by atoms with van der Waals surface area (Å²) in [6.07, 6.45) is 0. The van der Waals surface area contributed by atoms with Crippen LogP contribution in [-0.2, 0) is 9.53 Å². The van der Waals surface area contributed by atoms with Crippen LogP contribution in [0.3, 0.4) is 0 Å². The van der Waals surface area contributed by atoms with Crippen molar-refractivity contribution >= 4 is 30.0 Å². The van der Waals surface area contributed by atoms with Gasteiger partial charge in [0.25, 0.3) is 0 Å². The number of hydrogen-bond donors (Lipinski definition) is 1. The van der Waals surface area contributed by atoms with Gasteiger partial charge in [-0.3, -0.25) is 4.79 Å². The fourth-order valence-corrected chi connectivity index (χ4v) is 2.46. The minimum Gasteiger partial charge on any atom is -0.469 e. The molecule has 94 valence electrons. The maximum atomic E-state index is 11.6. The van der Waals surface area contributed by atoms with Gasteiger partial charge in [-0.15, -0.1) is 12.4 Å². The van der Waals surface area contributed by atoms with Gasteiger partial charge in [0.1, 0.15) is 0 Å². The first kappa shape index (κ1) is 14.3. The molecule has 0 aromatic heterocycles. The smallest absolute Gasteiger partial charge is 0.310 e. The van der Waals surface area contributed by atoms with E-state index in [0.29, 0.717) is 11.6 Å². The Morgan fingerprint density at radius 2 is 2.12 bits per heavy atom. The number of hydrogen-bond acceptors (Lipinski definition) is 3. The standard InChI is InChI=1S/C12H14ClNO2.ClH/c1-16-12(15)10-7-14-6-9(10)8-4-2-3-5-11(8)13;/h2-5,9-10,14H,6-7H2,1H3;1H/t9-,10?;/m0./s1. The molecule has 1 aromatic carbocycles. The number of esters is 1. The third kappa shape index (κ3) is 2.92.